The van der Waals surface area contributed by atoms with Crippen molar-refractivity contribution in [3.63, 3.8) is 0 Å². The van der Waals surface area contributed by atoms with Crippen LogP contribution in [-0.2, 0) is 6.42 Å². The van der Waals surface area contributed by atoms with E-state index in [-0.39, 0.29) is 0 Å². The van der Waals surface area contributed by atoms with Crippen LogP contribution in [0, 0.1) is 11.8 Å². The third-order valence-corrected chi connectivity index (χ3v) is 4.80. The van der Waals surface area contributed by atoms with Gasteiger partial charge in [0.1, 0.15) is 0 Å². The minimum atomic E-state index is 0.371. The van der Waals surface area contributed by atoms with E-state index >= 15 is 0 Å². The Balaban J connectivity index is 2.12. The van der Waals surface area contributed by atoms with Gasteiger partial charge in [-0.3, -0.25) is 4.90 Å². The lowest BCUT2D eigenvalue weighted by Crippen LogP contribution is -2.45. The predicted molar refractivity (Wildman–Crippen MR) is 91.3 cm³/mol. The molecule has 0 aliphatic carbocycles. The fourth-order valence-corrected chi connectivity index (χ4v) is 3.57. The first-order valence-corrected chi connectivity index (χ1v) is 8.56. The summed E-state index contributed by atoms with van der Waals surface area (Å²) in [5.74, 6) is 1.50. The molecule has 118 valence electrons. The molecule has 0 saturated carbocycles. The molecule has 1 aliphatic rings. The lowest BCUT2D eigenvalue weighted by molar-refractivity contribution is 0.0798. The Bertz CT molecular complexity index is 424. The van der Waals surface area contributed by atoms with E-state index in [4.69, 9.17) is 5.73 Å². The maximum atomic E-state index is 6.12. The van der Waals surface area contributed by atoms with Crippen molar-refractivity contribution in [2.75, 3.05) is 13.1 Å². The second-order valence-electron chi connectivity index (χ2n) is 7.32. The van der Waals surface area contributed by atoms with Gasteiger partial charge in [-0.2, -0.15) is 0 Å². The van der Waals surface area contributed by atoms with Gasteiger partial charge in [0.25, 0.3) is 0 Å². The maximum Gasteiger partial charge on any atom is 0.0473 e. The molecule has 0 radical (unpaired) electrons. The first kappa shape index (κ1) is 16.5. The monoisotopic (exact) mass is 288 g/mol. The number of nitrogens with zero attached hydrogens (tertiary/aromatic N) is 1. The molecule has 1 fully saturated rings. The fraction of sp³-hybridized carbons (Fsp3) is 0.684. The Labute approximate surface area is 130 Å². The maximum absolute atomic E-state index is 6.12. The van der Waals surface area contributed by atoms with Gasteiger partial charge >= 0.3 is 0 Å². The molecule has 0 bridgehead atoms. The average Bonchev–Trinajstić information content (AvgIpc) is 2.44. The summed E-state index contributed by atoms with van der Waals surface area (Å²) in [6.45, 7) is 11.1. The molecule has 2 rings (SSSR count). The summed E-state index contributed by atoms with van der Waals surface area (Å²) in [6, 6.07) is 10.2. The van der Waals surface area contributed by atoms with Crippen LogP contribution in [0.1, 0.15) is 57.7 Å². The molecule has 1 saturated heterocycles. The normalized spacial score (nSPS) is 25.2. The van der Waals surface area contributed by atoms with Crippen LogP contribution in [0.15, 0.2) is 24.3 Å². The Morgan fingerprint density at radius 3 is 2.38 bits per heavy atom. The summed E-state index contributed by atoms with van der Waals surface area (Å²) in [4.78, 5) is 2.62. The number of hydrogen-bond acceptors (Lipinski definition) is 2. The van der Waals surface area contributed by atoms with Crippen LogP contribution < -0.4 is 5.73 Å². The number of piperidine rings is 1. The van der Waals surface area contributed by atoms with E-state index in [9.17, 15) is 0 Å². The Morgan fingerprint density at radius 1 is 1.14 bits per heavy atom. The van der Waals surface area contributed by atoms with Crippen molar-refractivity contribution < 1.29 is 0 Å². The topological polar surface area (TPSA) is 29.3 Å². The molecule has 2 N–H and O–H groups in total. The molecule has 0 aromatic heterocycles. The molecule has 3 atom stereocenters. The van der Waals surface area contributed by atoms with Crippen molar-refractivity contribution in [3.8, 4) is 0 Å². The first-order chi connectivity index (χ1) is 10.0. The van der Waals surface area contributed by atoms with Gasteiger partial charge in [0.2, 0.25) is 0 Å². The quantitative estimate of drug-likeness (QED) is 0.887. The molecule has 1 aromatic rings. The highest BCUT2D eigenvalue weighted by atomic mass is 15.2. The minimum absolute atomic E-state index is 0.371. The van der Waals surface area contributed by atoms with Gasteiger partial charge in [-0.15, -0.1) is 0 Å². The summed E-state index contributed by atoms with van der Waals surface area (Å²) < 4.78 is 0. The molecule has 0 amide bonds. The van der Waals surface area contributed by atoms with E-state index in [1.54, 1.807) is 0 Å². The van der Waals surface area contributed by atoms with Crippen LogP contribution in [0.4, 0.5) is 0 Å². The van der Waals surface area contributed by atoms with Gasteiger partial charge in [0, 0.05) is 25.2 Å². The summed E-state index contributed by atoms with van der Waals surface area (Å²) in [7, 11) is 0. The SMILES string of the molecule is CC(C)Cc1ccc(C(CN)N2CC(C)CCC2C)cc1. The zero-order valence-corrected chi connectivity index (χ0v) is 14.2. The van der Waals surface area contributed by atoms with Crippen molar-refractivity contribution in [2.45, 2.75) is 59.0 Å². The van der Waals surface area contributed by atoms with Gasteiger partial charge in [-0.1, -0.05) is 45.0 Å². The van der Waals surface area contributed by atoms with Crippen molar-refractivity contribution in [1.82, 2.24) is 4.90 Å². The van der Waals surface area contributed by atoms with E-state index in [1.807, 2.05) is 0 Å². The highest BCUT2D eigenvalue weighted by Crippen LogP contribution is 2.30. The molecule has 21 heavy (non-hydrogen) atoms. The van der Waals surface area contributed by atoms with E-state index < -0.39 is 0 Å². The highest BCUT2D eigenvalue weighted by molar-refractivity contribution is 5.26. The number of nitrogens with two attached hydrogens (primary N) is 1. The molecule has 1 aromatic carbocycles. The third-order valence-electron chi connectivity index (χ3n) is 4.80. The zero-order chi connectivity index (χ0) is 15.4. The molecule has 3 unspecified atom stereocenters. The van der Waals surface area contributed by atoms with Gasteiger partial charge in [-0.25, -0.2) is 0 Å². The van der Waals surface area contributed by atoms with Crippen LogP contribution in [-0.4, -0.2) is 24.0 Å². The number of benzene rings is 1. The summed E-state index contributed by atoms with van der Waals surface area (Å²) >= 11 is 0. The summed E-state index contributed by atoms with van der Waals surface area (Å²) in [6.07, 6.45) is 3.80. The van der Waals surface area contributed by atoms with Gasteiger partial charge in [0.05, 0.1) is 0 Å². The highest BCUT2D eigenvalue weighted by Gasteiger charge is 2.29. The van der Waals surface area contributed by atoms with Gasteiger partial charge < -0.3 is 5.73 Å². The lowest BCUT2D eigenvalue weighted by Gasteiger charge is -2.42. The second kappa shape index (κ2) is 7.42. The largest absolute Gasteiger partial charge is 0.329 e. The number of likely N-dealkylation sites (tertiary alicyclic amines) is 1. The second-order valence-corrected chi connectivity index (χ2v) is 7.32. The fourth-order valence-electron chi connectivity index (χ4n) is 3.57. The third kappa shape index (κ3) is 4.31. The Hall–Kier alpha value is -0.860. The Kier molecular flexibility index (Phi) is 5.83. The van der Waals surface area contributed by atoms with Crippen molar-refractivity contribution in [2.24, 2.45) is 17.6 Å². The van der Waals surface area contributed by atoms with Crippen LogP contribution >= 0.6 is 0 Å². The summed E-state index contributed by atoms with van der Waals surface area (Å²) in [5, 5.41) is 0. The molecule has 1 aliphatic heterocycles. The Morgan fingerprint density at radius 2 is 1.81 bits per heavy atom. The molecular weight excluding hydrogens is 256 g/mol. The van der Waals surface area contributed by atoms with E-state index in [0.29, 0.717) is 24.5 Å². The lowest BCUT2D eigenvalue weighted by atomic mass is 9.91. The molecule has 0 spiro atoms. The average molecular weight is 288 g/mol. The minimum Gasteiger partial charge on any atom is -0.329 e. The standard InChI is InChI=1S/C19H32N2/c1-14(2)11-17-7-9-18(10-8-17)19(12-20)21-13-15(3)5-6-16(21)4/h7-10,14-16,19H,5-6,11-13,20H2,1-4H3. The molecule has 1 heterocycles. The number of hydrogen-bond donors (Lipinski definition) is 1. The zero-order valence-electron chi connectivity index (χ0n) is 14.2. The smallest absolute Gasteiger partial charge is 0.0473 e. The van der Waals surface area contributed by atoms with E-state index in [2.05, 4.69) is 56.9 Å². The van der Waals surface area contributed by atoms with E-state index in [0.717, 1.165) is 12.3 Å². The van der Waals surface area contributed by atoms with E-state index in [1.165, 1.54) is 30.5 Å². The van der Waals surface area contributed by atoms with Crippen molar-refractivity contribution in [1.29, 1.82) is 0 Å². The first-order valence-electron chi connectivity index (χ1n) is 8.56. The van der Waals surface area contributed by atoms with Crippen LogP contribution in [0.25, 0.3) is 0 Å². The van der Waals surface area contributed by atoms with Crippen molar-refractivity contribution >= 4 is 0 Å². The van der Waals surface area contributed by atoms with Gasteiger partial charge in [-0.05, 0) is 49.1 Å². The van der Waals surface area contributed by atoms with Crippen LogP contribution in [0.5, 0.6) is 0 Å². The van der Waals surface area contributed by atoms with Crippen LogP contribution in [0.3, 0.4) is 0 Å². The van der Waals surface area contributed by atoms with Gasteiger partial charge in [0.15, 0.2) is 0 Å². The number of rotatable bonds is 5. The van der Waals surface area contributed by atoms with Crippen LogP contribution in [0.2, 0.25) is 0 Å². The predicted octanol–water partition coefficient (Wildman–Crippen LogP) is 4.01. The summed E-state index contributed by atoms with van der Waals surface area (Å²) in [5.41, 5.74) is 8.94. The molecule has 2 nitrogen and oxygen atoms in total. The molecular formula is C19H32N2. The van der Waals surface area contributed by atoms with Crippen molar-refractivity contribution in [3.05, 3.63) is 35.4 Å². The molecule has 2 heteroatoms.